The van der Waals surface area contributed by atoms with E-state index in [9.17, 15) is 4.57 Å². The summed E-state index contributed by atoms with van der Waals surface area (Å²) < 4.78 is 27.3. The highest BCUT2D eigenvalue weighted by atomic mass is 31.2. The van der Waals surface area contributed by atoms with Gasteiger partial charge in [0, 0.05) is 5.69 Å². The lowest BCUT2D eigenvalue weighted by atomic mass is 9.75. The van der Waals surface area contributed by atoms with Gasteiger partial charge in [-0.1, -0.05) is 72.6 Å². The van der Waals surface area contributed by atoms with Crippen molar-refractivity contribution in [2.75, 3.05) is 5.09 Å². The molecule has 6 atom stereocenters. The fraction of sp³-hybridized carbons (Fsp3) is 0.769. The van der Waals surface area contributed by atoms with Crippen LogP contribution in [-0.4, -0.2) is 12.2 Å². The SMILES string of the molecule is CC1CCC(C(C)C)C(OP(=O)(Nc2ccccc2)OC2CC(C)CCC2C(C)C)C1. The zero-order chi connectivity index (χ0) is 22.6. The lowest BCUT2D eigenvalue weighted by molar-refractivity contribution is -0.00187. The van der Waals surface area contributed by atoms with Gasteiger partial charge in [-0.25, -0.2) is 4.57 Å². The third-order valence-electron chi connectivity index (χ3n) is 7.51. The molecule has 0 aromatic heterocycles. The van der Waals surface area contributed by atoms with Gasteiger partial charge >= 0.3 is 7.75 Å². The van der Waals surface area contributed by atoms with E-state index in [1.165, 1.54) is 12.8 Å². The molecule has 2 saturated carbocycles. The molecule has 5 heteroatoms. The number of benzene rings is 1. The van der Waals surface area contributed by atoms with Gasteiger partial charge in [-0.05, 0) is 73.3 Å². The number of para-hydroxylation sites is 1. The summed E-state index contributed by atoms with van der Waals surface area (Å²) in [6, 6.07) is 9.74. The van der Waals surface area contributed by atoms with Crippen LogP contribution in [0.1, 0.15) is 80.1 Å². The van der Waals surface area contributed by atoms with Crippen molar-refractivity contribution in [2.45, 2.75) is 92.3 Å². The number of rotatable bonds is 8. The topological polar surface area (TPSA) is 47.6 Å². The van der Waals surface area contributed by atoms with E-state index >= 15 is 0 Å². The Balaban J connectivity index is 1.86. The molecule has 2 fully saturated rings. The zero-order valence-electron chi connectivity index (χ0n) is 20.4. The molecule has 3 rings (SSSR count). The van der Waals surface area contributed by atoms with Crippen molar-refractivity contribution in [3.05, 3.63) is 30.3 Å². The van der Waals surface area contributed by atoms with Crippen LogP contribution in [-0.2, 0) is 13.6 Å². The van der Waals surface area contributed by atoms with E-state index in [1.807, 2.05) is 30.3 Å². The normalized spacial score (nSPS) is 33.9. The van der Waals surface area contributed by atoms with Gasteiger partial charge in [-0.2, -0.15) is 0 Å². The predicted octanol–water partition coefficient (Wildman–Crippen LogP) is 8.16. The van der Waals surface area contributed by atoms with Gasteiger partial charge in [-0.3, -0.25) is 14.1 Å². The average Bonchev–Trinajstić information content (AvgIpc) is 2.68. The zero-order valence-corrected chi connectivity index (χ0v) is 21.3. The lowest BCUT2D eigenvalue weighted by Gasteiger charge is -2.41. The summed E-state index contributed by atoms with van der Waals surface area (Å²) in [6.45, 7) is 13.6. The Bertz CT molecular complexity index is 685. The average molecular weight is 450 g/mol. The monoisotopic (exact) mass is 449 g/mol. The summed E-state index contributed by atoms with van der Waals surface area (Å²) in [6.07, 6.45) is 6.51. The number of anilines is 1. The Kier molecular flexibility index (Phi) is 8.69. The van der Waals surface area contributed by atoms with Crippen LogP contribution in [0, 0.1) is 35.5 Å². The molecular weight excluding hydrogens is 405 g/mol. The first-order valence-corrected chi connectivity index (χ1v) is 14.0. The van der Waals surface area contributed by atoms with Gasteiger partial charge in [0.05, 0.1) is 12.2 Å². The van der Waals surface area contributed by atoms with Crippen LogP contribution < -0.4 is 5.09 Å². The minimum absolute atomic E-state index is 0.0377. The van der Waals surface area contributed by atoms with E-state index in [0.717, 1.165) is 31.4 Å². The molecule has 0 bridgehead atoms. The van der Waals surface area contributed by atoms with Crippen molar-refractivity contribution in [1.29, 1.82) is 0 Å². The van der Waals surface area contributed by atoms with Gasteiger partial charge < -0.3 is 0 Å². The van der Waals surface area contributed by atoms with Crippen LogP contribution in [0.15, 0.2) is 30.3 Å². The molecule has 0 heterocycles. The Morgan fingerprint density at radius 3 is 1.68 bits per heavy atom. The van der Waals surface area contributed by atoms with Crippen molar-refractivity contribution >= 4 is 13.4 Å². The van der Waals surface area contributed by atoms with Crippen molar-refractivity contribution in [3.63, 3.8) is 0 Å². The van der Waals surface area contributed by atoms with E-state index in [-0.39, 0.29) is 12.2 Å². The van der Waals surface area contributed by atoms with Crippen LogP contribution in [0.5, 0.6) is 0 Å². The summed E-state index contributed by atoms with van der Waals surface area (Å²) in [5.74, 6) is 3.00. The Hall–Kier alpha value is -0.830. The smallest absolute Gasteiger partial charge is 0.293 e. The summed E-state index contributed by atoms with van der Waals surface area (Å²) in [5.41, 5.74) is 0.792. The molecule has 6 unspecified atom stereocenters. The summed E-state index contributed by atoms with van der Waals surface area (Å²) in [7, 11) is -3.54. The molecule has 0 spiro atoms. The molecule has 0 radical (unpaired) electrons. The first kappa shape index (κ1) is 24.8. The maximum Gasteiger partial charge on any atom is 0.433 e. The minimum Gasteiger partial charge on any atom is -0.293 e. The second kappa shape index (κ2) is 10.9. The van der Waals surface area contributed by atoms with Gasteiger partial charge in [0.25, 0.3) is 0 Å². The maximum absolute atomic E-state index is 14.3. The molecule has 0 amide bonds. The molecule has 0 aliphatic heterocycles. The van der Waals surface area contributed by atoms with Crippen LogP contribution in [0.25, 0.3) is 0 Å². The lowest BCUT2D eigenvalue weighted by Crippen LogP contribution is -2.37. The van der Waals surface area contributed by atoms with E-state index in [2.05, 4.69) is 46.6 Å². The first-order chi connectivity index (χ1) is 14.7. The summed E-state index contributed by atoms with van der Waals surface area (Å²) in [5, 5.41) is 3.21. The molecule has 2 aliphatic rings. The number of hydrogen-bond donors (Lipinski definition) is 1. The molecule has 31 heavy (non-hydrogen) atoms. The second-order valence-electron chi connectivity index (χ2n) is 10.9. The molecule has 4 nitrogen and oxygen atoms in total. The first-order valence-electron chi connectivity index (χ1n) is 12.5. The van der Waals surface area contributed by atoms with E-state index in [4.69, 9.17) is 9.05 Å². The van der Waals surface area contributed by atoms with Crippen molar-refractivity contribution in [2.24, 2.45) is 35.5 Å². The standard InChI is InChI=1S/C26H44NO3P/c1-18(2)23-14-12-20(5)16-25(23)29-31(28,27-22-10-8-7-9-11-22)30-26-17-21(6)13-15-24(26)19(3)4/h7-11,18-21,23-26H,12-17H2,1-6H3,(H,27,28). The third kappa shape index (κ3) is 6.83. The van der Waals surface area contributed by atoms with Crippen molar-refractivity contribution < 1.29 is 13.6 Å². The Labute approximate surface area is 190 Å². The fourth-order valence-electron chi connectivity index (χ4n) is 5.58. The highest BCUT2D eigenvalue weighted by molar-refractivity contribution is 7.55. The molecular formula is C26H44NO3P. The largest absolute Gasteiger partial charge is 0.433 e. The third-order valence-corrected chi connectivity index (χ3v) is 9.14. The Morgan fingerprint density at radius 2 is 1.26 bits per heavy atom. The van der Waals surface area contributed by atoms with Crippen molar-refractivity contribution in [1.82, 2.24) is 0 Å². The van der Waals surface area contributed by atoms with E-state index < -0.39 is 7.75 Å². The molecule has 0 saturated heterocycles. The Morgan fingerprint density at radius 1 is 0.806 bits per heavy atom. The van der Waals surface area contributed by atoms with E-state index in [0.29, 0.717) is 35.5 Å². The van der Waals surface area contributed by atoms with Crippen LogP contribution >= 0.6 is 7.75 Å². The summed E-state index contributed by atoms with van der Waals surface area (Å²) >= 11 is 0. The van der Waals surface area contributed by atoms with Gasteiger partial charge in [0.1, 0.15) is 0 Å². The molecule has 1 aromatic rings. The van der Waals surface area contributed by atoms with E-state index in [1.54, 1.807) is 0 Å². The fourth-order valence-corrected chi connectivity index (χ4v) is 7.39. The summed E-state index contributed by atoms with van der Waals surface area (Å²) in [4.78, 5) is 0. The number of hydrogen-bond acceptors (Lipinski definition) is 3. The molecule has 2 aliphatic carbocycles. The molecule has 176 valence electrons. The van der Waals surface area contributed by atoms with Crippen LogP contribution in [0.3, 0.4) is 0 Å². The quantitative estimate of drug-likeness (QED) is 0.407. The predicted molar refractivity (Wildman–Crippen MR) is 130 cm³/mol. The van der Waals surface area contributed by atoms with Crippen LogP contribution in [0.2, 0.25) is 0 Å². The maximum atomic E-state index is 14.3. The van der Waals surface area contributed by atoms with Gasteiger partial charge in [-0.15, -0.1) is 0 Å². The molecule has 1 N–H and O–H groups in total. The van der Waals surface area contributed by atoms with Crippen LogP contribution in [0.4, 0.5) is 5.69 Å². The number of nitrogens with one attached hydrogen (secondary N) is 1. The second-order valence-corrected chi connectivity index (χ2v) is 12.6. The highest BCUT2D eigenvalue weighted by Gasteiger charge is 2.42. The highest BCUT2D eigenvalue weighted by Crippen LogP contribution is 2.56. The minimum atomic E-state index is -3.54. The molecule has 1 aromatic carbocycles. The van der Waals surface area contributed by atoms with Gasteiger partial charge in [0.2, 0.25) is 0 Å². The van der Waals surface area contributed by atoms with Gasteiger partial charge in [0.15, 0.2) is 0 Å². The van der Waals surface area contributed by atoms with Crippen molar-refractivity contribution in [3.8, 4) is 0 Å².